The fraction of sp³-hybridized carbons (Fsp3) is 0.675. The van der Waals surface area contributed by atoms with Crippen LogP contribution in [-0.4, -0.2) is 37.2 Å². The van der Waals surface area contributed by atoms with Crippen LogP contribution in [0.1, 0.15) is 316 Å². The van der Waals surface area contributed by atoms with Gasteiger partial charge in [0.2, 0.25) is 0 Å². The number of carbonyl (C=O) groups is 3. The maximum absolute atomic E-state index is 12.8. The summed E-state index contributed by atoms with van der Waals surface area (Å²) in [6, 6.07) is 0. The van der Waals surface area contributed by atoms with E-state index in [4.69, 9.17) is 14.2 Å². The van der Waals surface area contributed by atoms with Gasteiger partial charge in [0, 0.05) is 19.3 Å². The number of hydrogen-bond acceptors (Lipinski definition) is 6. The van der Waals surface area contributed by atoms with E-state index in [1.54, 1.807) is 0 Å². The second-order valence-electron chi connectivity index (χ2n) is 22.7. The molecular formula is C77H128O6. The topological polar surface area (TPSA) is 78.9 Å². The molecule has 0 N–H and O–H groups in total. The summed E-state index contributed by atoms with van der Waals surface area (Å²) in [5, 5.41) is 0. The van der Waals surface area contributed by atoms with Crippen LogP contribution < -0.4 is 0 Å². The standard InChI is InChI=1S/C77H128O6/c1-4-7-10-13-15-17-19-21-23-25-27-29-31-33-35-37-38-40-41-43-45-47-49-51-53-55-57-59-61-64-67-70-76(79)82-73-74(72-81-75(78)69-66-63-12-9-6-3)83-77(80)71-68-65-62-60-58-56-54-52-50-48-46-44-42-39-36-34-32-30-28-26-24-22-20-18-16-14-11-8-5-2/h8,11,16,18-19,21-22,24-25,27-28,30-31,33-34,36,42,44,48,50,54,56,74H,4-7,9-10,12-15,17,20,23,26,29,32,35,37-41,43,45-47,49,51-53,55,57-73H2,1-3H3/b11-8-,18-16-,21-19-,24-22-,27-25-,30-28-,33-31-,36-34-,44-42-,50-48-,56-54-. The van der Waals surface area contributed by atoms with Gasteiger partial charge < -0.3 is 14.2 Å². The second kappa shape index (κ2) is 70.0. The van der Waals surface area contributed by atoms with Crippen molar-refractivity contribution in [2.45, 2.75) is 322 Å². The number of unbranched alkanes of at least 4 members (excludes halogenated alkanes) is 29. The van der Waals surface area contributed by atoms with Gasteiger partial charge in [-0.25, -0.2) is 0 Å². The van der Waals surface area contributed by atoms with E-state index in [0.29, 0.717) is 19.3 Å². The fourth-order valence-corrected chi connectivity index (χ4v) is 9.47. The number of hydrogen-bond donors (Lipinski definition) is 0. The molecule has 0 radical (unpaired) electrons. The fourth-order valence-electron chi connectivity index (χ4n) is 9.47. The Kier molecular flexibility index (Phi) is 66.3. The predicted molar refractivity (Wildman–Crippen MR) is 362 cm³/mol. The molecule has 472 valence electrons. The van der Waals surface area contributed by atoms with Crippen molar-refractivity contribution in [3.63, 3.8) is 0 Å². The molecule has 0 heterocycles. The van der Waals surface area contributed by atoms with Crippen LogP contribution in [0.2, 0.25) is 0 Å². The average molecular weight is 1150 g/mol. The summed E-state index contributed by atoms with van der Waals surface area (Å²) in [7, 11) is 0. The van der Waals surface area contributed by atoms with Crippen molar-refractivity contribution in [1.82, 2.24) is 0 Å². The van der Waals surface area contributed by atoms with E-state index < -0.39 is 6.10 Å². The molecule has 83 heavy (non-hydrogen) atoms. The van der Waals surface area contributed by atoms with E-state index >= 15 is 0 Å². The number of ether oxygens (including phenoxy) is 3. The van der Waals surface area contributed by atoms with Gasteiger partial charge >= 0.3 is 17.9 Å². The summed E-state index contributed by atoms with van der Waals surface area (Å²) in [5.74, 6) is -0.926. The molecule has 0 bridgehead atoms. The molecule has 1 atom stereocenters. The van der Waals surface area contributed by atoms with Crippen molar-refractivity contribution in [2.24, 2.45) is 0 Å². The summed E-state index contributed by atoms with van der Waals surface area (Å²) in [4.78, 5) is 38.0. The van der Waals surface area contributed by atoms with Gasteiger partial charge in [-0.3, -0.25) is 14.4 Å². The van der Waals surface area contributed by atoms with E-state index in [9.17, 15) is 14.4 Å². The highest BCUT2D eigenvalue weighted by molar-refractivity contribution is 5.71. The van der Waals surface area contributed by atoms with Crippen molar-refractivity contribution >= 4 is 17.9 Å². The maximum Gasteiger partial charge on any atom is 0.306 e. The Hall–Kier alpha value is -4.45. The van der Waals surface area contributed by atoms with Gasteiger partial charge in [0.15, 0.2) is 6.10 Å². The van der Waals surface area contributed by atoms with Crippen molar-refractivity contribution < 1.29 is 28.6 Å². The Morgan fingerprint density at radius 1 is 0.253 bits per heavy atom. The zero-order valence-corrected chi connectivity index (χ0v) is 54.2. The van der Waals surface area contributed by atoms with Gasteiger partial charge in [0.25, 0.3) is 0 Å². The Balaban J connectivity index is 4.07. The summed E-state index contributed by atoms with van der Waals surface area (Å²) >= 11 is 0. The SMILES string of the molecule is CC/C=C\C/C=C\C/C=C\C/C=C\C/C=C\C/C=C\C/C=C\C/C=C\CCCCCCC(=O)OC(COC(=O)CCCCCCC)COC(=O)CCCCCCCCCCCCCCCCCC/C=C\C/C=C\C/C=C\CCCCCCC. The minimum atomic E-state index is -0.793. The van der Waals surface area contributed by atoms with Crippen LogP contribution in [0.5, 0.6) is 0 Å². The molecule has 0 amide bonds. The summed E-state index contributed by atoms with van der Waals surface area (Å²) in [6.45, 7) is 6.42. The van der Waals surface area contributed by atoms with Crippen LogP contribution in [0.15, 0.2) is 134 Å². The number of rotatable bonds is 62. The Labute approximate surface area is 513 Å². The van der Waals surface area contributed by atoms with Crippen LogP contribution in [0, 0.1) is 0 Å². The van der Waals surface area contributed by atoms with Crippen LogP contribution in [0.3, 0.4) is 0 Å². The van der Waals surface area contributed by atoms with E-state index in [1.807, 2.05) is 0 Å². The Morgan fingerprint density at radius 3 is 0.735 bits per heavy atom. The van der Waals surface area contributed by atoms with Crippen molar-refractivity contribution in [1.29, 1.82) is 0 Å². The van der Waals surface area contributed by atoms with Crippen LogP contribution >= 0.6 is 0 Å². The normalized spacial score (nSPS) is 13.0. The third-order valence-electron chi connectivity index (χ3n) is 14.6. The maximum atomic E-state index is 12.8. The number of allylic oxidation sites excluding steroid dienone is 22. The summed E-state index contributed by atoms with van der Waals surface area (Å²) in [5.41, 5.74) is 0. The van der Waals surface area contributed by atoms with E-state index in [-0.39, 0.29) is 31.1 Å². The highest BCUT2D eigenvalue weighted by atomic mass is 16.6. The first-order valence-electron chi connectivity index (χ1n) is 34.7. The molecule has 0 saturated heterocycles. The van der Waals surface area contributed by atoms with E-state index in [0.717, 1.165) is 148 Å². The highest BCUT2D eigenvalue weighted by Crippen LogP contribution is 2.16. The lowest BCUT2D eigenvalue weighted by Gasteiger charge is -2.18. The molecule has 0 aromatic carbocycles. The average Bonchev–Trinajstić information content (AvgIpc) is 3.48. The molecule has 0 fully saturated rings. The molecule has 1 unspecified atom stereocenters. The molecular weight excluding hydrogens is 1020 g/mol. The lowest BCUT2D eigenvalue weighted by molar-refractivity contribution is -0.167. The molecule has 0 aliphatic carbocycles. The molecule has 0 spiro atoms. The highest BCUT2D eigenvalue weighted by Gasteiger charge is 2.19. The summed E-state index contributed by atoms with van der Waals surface area (Å²) in [6.07, 6.45) is 99.6. The minimum absolute atomic E-state index is 0.0901. The zero-order chi connectivity index (χ0) is 59.9. The Bertz CT molecular complexity index is 1750. The molecule has 0 aromatic heterocycles. The van der Waals surface area contributed by atoms with Crippen molar-refractivity contribution in [3.8, 4) is 0 Å². The molecule has 0 aromatic rings. The molecule has 6 heteroatoms. The van der Waals surface area contributed by atoms with E-state index in [2.05, 4.69) is 154 Å². The van der Waals surface area contributed by atoms with Crippen LogP contribution in [0.4, 0.5) is 0 Å². The smallest absolute Gasteiger partial charge is 0.306 e. The molecule has 0 saturated carbocycles. The largest absolute Gasteiger partial charge is 0.462 e. The molecule has 6 nitrogen and oxygen atoms in total. The van der Waals surface area contributed by atoms with E-state index in [1.165, 1.54) is 128 Å². The third kappa shape index (κ3) is 68.2. The number of esters is 3. The van der Waals surface area contributed by atoms with Gasteiger partial charge in [-0.05, 0) is 122 Å². The van der Waals surface area contributed by atoms with Gasteiger partial charge in [-0.1, -0.05) is 309 Å². The van der Waals surface area contributed by atoms with Gasteiger partial charge in [-0.2, -0.15) is 0 Å². The van der Waals surface area contributed by atoms with Crippen LogP contribution in [-0.2, 0) is 28.6 Å². The predicted octanol–water partition coefficient (Wildman–Crippen LogP) is 24.1. The first-order chi connectivity index (χ1) is 41.0. The van der Waals surface area contributed by atoms with Gasteiger partial charge in [0.05, 0.1) is 0 Å². The second-order valence-corrected chi connectivity index (χ2v) is 22.7. The molecule has 0 aliphatic rings. The first-order valence-corrected chi connectivity index (χ1v) is 34.7. The molecule has 0 aliphatic heterocycles. The van der Waals surface area contributed by atoms with Crippen molar-refractivity contribution in [3.05, 3.63) is 134 Å². The van der Waals surface area contributed by atoms with Gasteiger partial charge in [0.1, 0.15) is 13.2 Å². The minimum Gasteiger partial charge on any atom is -0.462 e. The van der Waals surface area contributed by atoms with Gasteiger partial charge in [-0.15, -0.1) is 0 Å². The van der Waals surface area contributed by atoms with Crippen LogP contribution in [0.25, 0.3) is 0 Å². The lowest BCUT2D eigenvalue weighted by atomic mass is 10.0. The monoisotopic (exact) mass is 1150 g/mol. The summed E-state index contributed by atoms with van der Waals surface area (Å²) < 4.78 is 16.8. The Morgan fingerprint density at radius 2 is 0.470 bits per heavy atom. The zero-order valence-electron chi connectivity index (χ0n) is 54.2. The third-order valence-corrected chi connectivity index (χ3v) is 14.6. The molecule has 0 rings (SSSR count). The first kappa shape index (κ1) is 78.5. The number of carbonyl (C=O) groups excluding carboxylic acids is 3. The lowest BCUT2D eigenvalue weighted by Crippen LogP contribution is -2.30. The van der Waals surface area contributed by atoms with Crippen molar-refractivity contribution in [2.75, 3.05) is 13.2 Å². The quantitative estimate of drug-likeness (QED) is 0.0261.